The van der Waals surface area contributed by atoms with Crippen LogP contribution in [0.15, 0.2) is 46.6 Å². The molecule has 110 valence electrons. The summed E-state index contributed by atoms with van der Waals surface area (Å²) in [5.74, 6) is -0.479. The van der Waals surface area contributed by atoms with Crippen LogP contribution in [0.1, 0.15) is 11.5 Å². The summed E-state index contributed by atoms with van der Waals surface area (Å²) in [4.78, 5) is 41.0. The number of anilines is 1. The molecular formula is C15H11N3O4. The fourth-order valence-corrected chi connectivity index (χ4v) is 2.05. The molecule has 3 rings (SSSR count). The van der Waals surface area contributed by atoms with Crippen LogP contribution in [0, 0.1) is 6.92 Å². The summed E-state index contributed by atoms with van der Waals surface area (Å²) < 4.78 is 5.33. The molecule has 3 heterocycles. The lowest BCUT2D eigenvalue weighted by atomic mass is 10.1. The molecule has 7 nitrogen and oxygen atoms in total. The molecule has 1 aliphatic heterocycles. The van der Waals surface area contributed by atoms with Crippen LogP contribution in [-0.2, 0) is 9.59 Å². The van der Waals surface area contributed by atoms with Crippen LogP contribution < -0.4 is 10.2 Å². The molecule has 1 aliphatic rings. The van der Waals surface area contributed by atoms with Crippen LogP contribution in [0.5, 0.6) is 0 Å². The van der Waals surface area contributed by atoms with Crippen molar-refractivity contribution in [1.82, 2.24) is 10.3 Å². The molecule has 0 bridgehead atoms. The highest BCUT2D eigenvalue weighted by Gasteiger charge is 2.37. The van der Waals surface area contributed by atoms with E-state index in [-0.39, 0.29) is 11.3 Å². The number of hydrogen-bond donors (Lipinski definition) is 1. The van der Waals surface area contributed by atoms with E-state index >= 15 is 0 Å². The van der Waals surface area contributed by atoms with Crippen molar-refractivity contribution < 1.29 is 18.8 Å². The summed E-state index contributed by atoms with van der Waals surface area (Å²) in [5, 5.41) is 2.12. The zero-order chi connectivity index (χ0) is 15.7. The number of imide groups is 2. The molecule has 0 unspecified atom stereocenters. The predicted molar refractivity (Wildman–Crippen MR) is 76.7 cm³/mol. The Morgan fingerprint density at radius 1 is 1.23 bits per heavy atom. The van der Waals surface area contributed by atoms with E-state index in [0.717, 1.165) is 4.90 Å². The lowest BCUT2D eigenvalue weighted by Gasteiger charge is -2.25. The Labute approximate surface area is 125 Å². The van der Waals surface area contributed by atoms with Crippen molar-refractivity contribution in [3.8, 4) is 0 Å². The number of aromatic nitrogens is 1. The van der Waals surface area contributed by atoms with Crippen molar-refractivity contribution in [2.24, 2.45) is 0 Å². The Balaban J connectivity index is 2.01. The van der Waals surface area contributed by atoms with Crippen LogP contribution in [0.2, 0.25) is 0 Å². The second-order valence-electron chi connectivity index (χ2n) is 4.62. The summed E-state index contributed by atoms with van der Waals surface area (Å²) >= 11 is 0. The predicted octanol–water partition coefficient (Wildman–Crippen LogP) is 1.65. The van der Waals surface area contributed by atoms with Crippen LogP contribution in [0.25, 0.3) is 6.08 Å². The minimum absolute atomic E-state index is 0.183. The molecule has 1 saturated heterocycles. The lowest BCUT2D eigenvalue weighted by molar-refractivity contribution is -0.122. The van der Waals surface area contributed by atoms with Crippen molar-refractivity contribution in [2.75, 3.05) is 4.90 Å². The number of aryl methyl sites for hydroxylation is 1. The Morgan fingerprint density at radius 2 is 2.05 bits per heavy atom. The van der Waals surface area contributed by atoms with E-state index < -0.39 is 17.8 Å². The van der Waals surface area contributed by atoms with Gasteiger partial charge in [0.15, 0.2) is 0 Å². The SMILES string of the molecule is Cc1ccc(/C=C2\C(=O)NC(=O)N(c3cccnc3)C2=O)o1. The molecule has 2 aromatic heterocycles. The number of urea groups is 1. The first kappa shape index (κ1) is 13.7. The van der Waals surface area contributed by atoms with Gasteiger partial charge in [-0.25, -0.2) is 9.69 Å². The average Bonchev–Trinajstić information content (AvgIpc) is 2.90. The van der Waals surface area contributed by atoms with E-state index in [4.69, 9.17) is 4.42 Å². The zero-order valence-corrected chi connectivity index (χ0v) is 11.6. The first-order valence-electron chi connectivity index (χ1n) is 6.44. The molecule has 22 heavy (non-hydrogen) atoms. The van der Waals surface area contributed by atoms with Gasteiger partial charge in [-0.1, -0.05) is 0 Å². The third kappa shape index (κ3) is 2.39. The molecule has 0 radical (unpaired) electrons. The summed E-state index contributed by atoms with van der Waals surface area (Å²) in [6.07, 6.45) is 4.19. The van der Waals surface area contributed by atoms with E-state index in [1.54, 1.807) is 31.2 Å². The Kier molecular flexibility index (Phi) is 3.30. The van der Waals surface area contributed by atoms with E-state index in [2.05, 4.69) is 10.3 Å². The maximum absolute atomic E-state index is 12.5. The molecule has 0 aromatic carbocycles. The first-order valence-corrected chi connectivity index (χ1v) is 6.44. The highest BCUT2D eigenvalue weighted by Crippen LogP contribution is 2.21. The normalized spacial score (nSPS) is 17.0. The van der Waals surface area contributed by atoms with Gasteiger partial charge in [-0.15, -0.1) is 0 Å². The fraction of sp³-hybridized carbons (Fsp3) is 0.0667. The number of carbonyl (C=O) groups is 3. The van der Waals surface area contributed by atoms with Crippen LogP contribution in [0.4, 0.5) is 10.5 Å². The van der Waals surface area contributed by atoms with Gasteiger partial charge < -0.3 is 4.42 Å². The number of rotatable bonds is 2. The van der Waals surface area contributed by atoms with Gasteiger partial charge in [-0.3, -0.25) is 19.9 Å². The van der Waals surface area contributed by atoms with Gasteiger partial charge in [0.05, 0.1) is 11.9 Å². The summed E-state index contributed by atoms with van der Waals surface area (Å²) in [7, 11) is 0. The molecule has 0 atom stereocenters. The maximum atomic E-state index is 12.5. The van der Waals surface area contributed by atoms with E-state index in [9.17, 15) is 14.4 Å². The standard InChI is InChI=1S/C15H11N3O4/c1-9-4-5-11(22-9)7-12-13(19)17-15(21)18(14(12)20)10-3-2-6-16-8-10/h2-8H,1H3,(H,17,19,21)/b12-7+. The molecule has 1 N–H and O–H groups in total. The zero-order valence-electron chi connectivity index (χ0n) is 11.6. The number of nitrogens with zero attached hydrogens (tertiary/aromatic N) is 2. The number of carbonyl (C=O) groups excluding carboxylic acids is 3. The highest BCUT2D eigenvalue weighted by molar-refractivity contribution is 6.39. The number of furan rings is 1. The van der Waals surface area contributed by atoms with Gasteiger partial charge in [0, 0.05) is 6.20 Å². The number of pyridine rings is 1. The number of hydrogen-bond acceptors (Lipinski definition) is 5. The molecular weight excluding hydrogens is 286 g/mol. The van der Waals surface area contributed by atoms with Gasteiger partial charge in [-0.05, 0) is 37.3 Å². The van der Waals surface area contributed by atoms with E-state index in [1.807, 2.05) is 0 Å². The summed E-state index contributed by atoms with van der Waals surface area (Å²) in [5.41, 5.74) is 0.0943. The fourth-order valence-electron chi connectivity index (χ4n) is 2.05. The topological polar surface area (TPSA) is 92.5 Å². The van der Waals surface area contributed by atoms with Gasteiger partial charge in [0.1, 0.15) is 17.1 Å². The highest BCUT2D eigenvalue weighted by atomic mass is 16.3. The van der Waals surface area contributed by atoms with Crippen molar-refractivity contribution in [2.45, 2.75) is 6.92 Å². The third-order valence-electron chi connectivity index (χ3n) is 3.05. The maximum Gasteiger partial charge on any atom is 0.336 e. The summed E-state index contributed by atoms with van der Waals surface area (Å²) in [6, 6.07) is 5.67. The minimum atomic E-state index is -0.809. The molecule has 2 aromatic rings. The van der Waals surface area contributed by atoms with Gasteiger partial charge in [0.25, 0.3) is 11.8 Å². The van der Waals surface area contributed by atoms with Crippen LogP contribution in [-0.4, -0.2) is 22.8 Å². The quantitative estimate of drug-likeness (QED) is 0.672. The average molecular weight is 297 g/mol. The van der Waals surface area contributed by atoms with E-state index in [1.165, 1.54) is 18.5 Å². The van der Waals surface area contributed by atoms with Gasteiger partial charge in [0.2, 0.25) is 0 Å². The largest absolute Gasteiger partial charge is 0.462 e. The number of barbiturate groups is 1. The van der Waals surface area contributed by atoms with Crippen LogP contribution in [0.3, 0.4) is 0 Å². The Bertz CT molecular complexity index is 792. The molecule has 1 fully saturated rings. The molecule has 4 amide bonds. The Morgan fingerprint density at radius 3 is 2.68 bits per heavy atom. The van der Waals surface area contributed by atoms with Crippen LogP contribution >= 0.6 is 0 Å². The molecule has 0 spiro atoms. The second kappa shape index (κ2) is 5.28. The van der Waals surface area contributed by atoms with E-state index in [0.29, 0.717) is 11.5 Å². The Hall–Kier alpha value is -3.22. The number of nitrogens with one attached hydrogen (secondary N) is 1. The minimum Gasteiger partial charge on any atom is -0.462 e. The van der Waals surface area contributed by atoms with Gasteiger partial charge >= 0.3 is 6.03 Å². The third-order valence-corrected chi connectivity index (χ3v) is 3.05. The van der Waals surface area contributed by atoms with Crippen molar-refractivity contribution in [1.29, 1.82) is 0 Å². The smallest absolute Gasteiger partial charge is 0.336 e. The van der Waals surface area contributed by atoms with Crippen molar-refractivity contribution in [3.63, 3.8) is 0 Å². The second-order valence-corrected chi connectivity index (χ2v) is 4.62. The summed E-state index contributed by atoms with van der Waals surface area (Å²) in [6.45, 7) is 1.75. The molecule has 0 saturated carbocycles. The van der Waals surface area contributed by atoms with Crippen molar-refractivity contribution >= 4 is 29.6 Å². The monoisotopic (exact) mass is 297 g/mol. The molecule has 7 heteroatoms. The first-order chi connectivity index (χ1) is 10.6. The lowest BCUT2D eigenvalue weighted by Crippen LogP contribution is -2.54. The van der Waals surface area contributed by atoms with Gasteiger partial charge in [-0.2, -0.15) is 0 Å². The number of amides is 4. The molecule has 0 aliphatic carbocycles. The van der Waals surface area contributed by atoms with Crippen molar-refractivity contribution in [3.05, 3.63) is 53.8 Å².